The number of aromatic nitrogens is 3. The van der Waals surface area contributed by atoms with Crippen molar-refractivity contribution in [2.75, 3.05) is 45.4 Å². The first-order chi connectivity index (χ1) is 18.3. The minimum absolute atomic E-state index is 0.0746. The van der Waals surface area contributed by atoms with Gasteiger partial charge in [0.05, 0.1) is 31.4 Å². The maximum absolute atomic E-state index is 14.0. The zero-order valence-corrected chi connectivity index (χ0v) is 21.7. The molecule has 14 heteroatoms. The number of halogens is 3. The highest BCUT2D eigenvalue weighted by Gasteiger charge is 2.46. The monoisotopic (exact) mass is 550 g/mol. The van der Waals surface area contributed by atoms with Gasteiger partial charge in [0.2, 0.25) is 5.82 Å². The zero-order chi connectivity index (χ0) is 26.9. The van der Waals surface area contributed by atoms with Crippen molar-refractivity contribution in [2.24, 2.45) is 10.1 Å². The second-order valence-electron chi connectivity index (χ2n) is 8.31. The molecule has 2 aliphatic rings. The van der Waals surface area contributed by atoms with E-state index in [0.29, 0.717) is 35.3 Å². The molecule has 3 aromatic rings. The smallest absolute Gasteiger partial charge is 0.437 e. The first kappa shape index (κ1) is 26.1. The van der Waals surface area contributed by atoms with Gasteiger partial charge >= 0.3 is 6.18 Å². The summed E-state index contributed by atoms with van der Waals surface area (Å²) in [6.07, 6.45) is -4.05. The lowest BCUT2D eigenvalue weighted by Crippen LogP contribution is -2.29. The van der Waals surface area contributed by atoms with Crippen molar-refractivity contribution >= 4 is 32.8 Å². The maximum Gasteiger partial charge on any atom is 0.437 e. The molecule has 0 spiro atoms. The van der Waals surface area contributed by atoms with Gasteiger partial charge in [-0.1, -0.05) is 11.3 Å². The van der Waals surface area contributed by atoms with Gasteiger partial charge in [-0.3, -0.25) is 0 Å². The van der Waals surface area contributed by atoms with Crippen LogP contribution in [-0.2, 0) is 9.47 Å². The standard InChI is InChI=1S/C24H25F3N6O4S/c1-4-32(10-5-11-36-19-13-37-19)18-9-8-17(38-18)28-20-21(24(25,26)27)31-33-22(29-30-23(20)33)15-12-14(34-2)6-7-16(15)35-3/h6-9,12,19H,4-5,10-11,13H2,1-3H3. The fourth-order valence-electron chi connectivity index (χ4n) is 3.91. The molecule has 0 radical (unpaired) electrons. The highest BCUT2D eigenvalue weighted by atomic mass is 32.1. The molecule has 1 fully saturated rings. The van der Waals surface area contributed by atoms with E-state index in [1.165, 1.54) is 25.6 Å². The first-order valence-electron chi connectivity index (χ1n) is 11.8. The van der Waals surface area contributed by atoms with Crippen molar-refractivity contribution in [3.8, 4) is 22.9 Å². The second kappa shape index (κ2) is 10.7. The largest absolute Gasteiger partial charge is 0.497 e. The number of methoxy groups -OCH3 is 2. The van der Waals surface area contributed by atoms with Crippen LogP contribution >= 0.6 is 11.3 Å². The first-order valence-corrected chi connectivity index (χ1v) is 12.7. The van der Waals surface area contributed by atoms with Gasteiger partial charge in [-0.2, -0.15) is 22.9 Å². The van der Waals surface area contributed by atoms with E-state index in [0.717, 1.165) is 29.2 Å². The number of anilines is 1. The highest BCUT2D eigenvalue weighted by Crippen LogP contribution is 2.37. The van der Waals surface area contributed by atoms with E-state index in [9.17, 15) is 13.2 Å². The molecule has 4 heterocycles. The van der Waals surface area contributed by atoms with Gasteiger partial charge in [-0.25, -0.2) is 4.99 Å². The molecular weight excluding hydrogens is 525 g/mol. The third-order valence-electron chi connectivity index (χ3n) is 5.86. The predicted molar refractivity (Wildman–Crippen MR) is 136 cm³/mol. The number of thiophene rings is 1. The summed E-state index contributed by atoms with van der Waals surface area (Å²) in [5.41, 5.74) is -1.16. The van der Waals surface area contributed by atoms with Crippen molar-refractivity contribution in [1.82, 2.24) is 14.9 Å². The van der Waals surface area contributed by atoms with Crippen LogP contribution in [0, 0.1) is 0 Å². The Balaban J connectivity index is 1.45. The Morgan fingerprint density at radius 1 is 1.16 bits per heavy atom. The van der Waals surface area contributed by atoms with E-state index < -0.39 is 17.6 Å². The molecule has 2 aromatic heterocycles. The van der Waals surface area contributed by atoms with Crippen LogP contribution in [0.3, 0.4) is 0 Å². The van der Waals surface area contributed by atoms with E-state index in [2.05, 4.69) is 25.2 Å². The fraction of sp³-hybridized carbons (Fsp3) is 0.417. The number of alkyl halides is 3. The molecular formula is C24H25F3N6O4S. The predicted octanol–water partition coefficient (Wildman–Crippen LogP) is 4.51. The fourth-order valence-corrected chi connectivity index (χ4v) is 4.89. The number of hydrogen-bond acceptors (Lipinski definition) is 10. The molecule has 1 unspecified atom stereocenters. The minimum Gasteiger partial charge on any atom is -0.497 e. The van der Waals surface area contributed by atoms with Gasteiger partial charge in [-0.05, 0) is 43.7 Å². The number of benzene rings is 1. The lowest BCUT2D eigenvalue weighted by molar-refractivity contribution is -0.0567. The molecule has 38 heavy (non-hydrogen) atoms. The Morgan fingerprint density at radius 3 is 2.63 bits per heavy atom. The van der Waals surface area contributed by atoms with E-state index in [-0.39, 0.29) is 17.9 Å². The number of rotatable bonds is 11. The average Bonchev–Trinajstić information content (AvgIpc) is 3.29. The minimum atomic E-state index is -4.75. The maximum atomic E-state index is 14.0. The quantitative estimate of drug-likeness (QED) is 0.256. The Kier molecular flexibility index (Phi) is 7.36. The van der Waals surface area contributed by atoms with Crippen LogP contribution < -0.4 is 14.4 Å². The van der Waals surface area contributed by atoms with Gasteiger partial charge in [0.25, 0.3) is 0 Å². The van der Waals surface area contributed by atoms with Gasteiger partial charge in [0, 0.05) is 13.1 Å². The summed E-state index contributed by atoms with van der Waals surface area (Å²) in [6, 6.07) is 8.43. The lowest BCUT2D eigenvalue weighted by atomic mass is 10.1. The molecule has 0 N–H and O–H groups in total. The van der Waals surface area contributed by atoms with Crippen molar-refractivity contribution in [1.29, 1.82) is 0 Å². The second-order valence-corrected chi connectivity index (χ2v) is 9.35. The number of fused-ring (bicyclic) bond motifs is 1. The van der Waals surface area contributed by atoms with E-state index in [1.54, 1.807) is 24.3 Å². The number of nitrogens with zero attached hydrogens (tertiary/aromatic N) is 6. The Morgan fingerprint density at radius 2 is 1.95 bits per heavy atom. The van der Waals surface area contributed by atoms with Crippen molar-refractivity contribution in [3.05, 3.63) is 36.2 Å². The molecule has 0 amide bonds. The Hall–Kier alpha value is -3.49. The zero-order valence-electron chi connectivity index (χ0n) is 20.9. The summed E-state index contributed by atoms with van der Waals surface area (Å²) in [7, 11) is 2.93. The van der Waals surface area contributed by atoms with E-state index in [1.807, 2.05) is 13.0 Å². The molecule has 0 bridgehead atoms. The summed E-state index contributed by atoms with van der Waals surface area (Å²) in [5.74, 6) is 0.821. The molecule has 5 rings (SSSR count). The summed E-state index contributed by atoms with van der Waals surface area (Å²) in [6.45, 7) is 4.68. The average molecular weight is 551 g/mol. The molecule has 202 valence electrons. The van der Waals surface area contributed by atoms with Crippen molar-refractivity contribution in [3.63, 3.8) is 0 Å². The van der Waals surface area contributed by atoms with Gasteiger partial charge in [0.15, 0.2) is 17.8 Å². The van der Waals surface area contributed by atoms with Crippen LogP contribution in [0.2, 0.25) is 0 Å². The Labute approximate surface area is 220 Å². The van der Waals surface area contributed by atoms with Crippen LogP contribution in [0.4, 0.5) is 23.2 Å². The van der Waals surface area contributed by atoms with Gasteiger partial charge < -0.3 is 23.8 Å². The van der Waals surface area contributed by atoms with Crippen LogP contribution in [0.1, 0.15) is 19.2 Å². The van der Waals surface area contributed by atoms with Crippen LogP contribution in [-0.4, -0.2) is 79.3 Å². The molecule has 0 saturated carbocycles. The normalized spacial score (nSPS) is 17.5. The number of ether oxygens (including phenoxy) is 4. The van der Waals surface area contributed by atoms with Crippen LogP contribution in [0.5, 0.6) is 11.5 Å². The van der Waals surface area contributed by atoms with Gasteiger partial charge in [-0.15, -0.1) is 10.2 Å². The number of hydrogen-bond donors (Lipinski definition) is 0. The molecule has 0 aliphatic carbocycles. The Bertz CT molecular complexity index is 1370. The van der Waals surface area contributed by atoms with Crippen LogP contribution in [0.15, 0.2) is 40.4 Å². The van der Waals surface area contributed by atoms with Crippen molar-refractivity contribution < 1.29 is 32.1 Å². The number of aliphatic imine (C=N–C) groups is 1. The highest BCUT2D eigenvalue weighted by molar-refractivity contribution is 7.19. The lowest BCUT2D eigenvalue weighted by Gasteiger charge is -2.20. The van der Waals surface area contributed by atoms with E-state index in [4.69, 9.17) is 18.9 Å². The van der Waals surface area contributed by atoms with Crippen LogP contribution in [0.25, 0.3) is 11.4 Å². The SMILES string of the molecule is CCN(CCCOC1CO1)c1ccc(N=C2C(C(F)(F)F)=Nn3c2nnc3-c2cc(OC)ccc2OC)s1. The summed E-state index contributed by atoms with van der Waals surface area (Å²) in [4.78, 5) is 6.45. The summed E-state index contributed by atoms with van der Waals surface area (Å²) < 4.78 is 64.3. The topological polar surface area (TPSA) is 98.9 Å². The summed E-state index contributed by atoms with van der Waals surface area (Å²) >= 11 is 1.29. The third kappa shape index (κ3) is 5.37. The van der Waals surface area contributed by atoms with Gasteiger partial charge in [0.1, 0.15) is 28.8 Å². The summed E-state index contributed by atoms with van der Waals surface area (Å²) in [5, 5.41) is 13.2. The molecule has 1 atom stereocenters. The van der Waals surface area contributed by atoms with E-state index >= 15 is 0 Å². The molecule has 10 nitrogen and oxygen atoms in total. The number of epoxide rings is 1. The third-order valence-corrected chi connectivity index (χ3v) is 6.90. The van der Waals surface area contributed by atoms with Crippen molar-refractivity contribution in [2.45, 2.75) is 25.8 Å². The molecule has 1 aromatic carbocycles. The molecule has 1 saturated heterocycles. The molecule has 2 aliphatic heterocycles.